The molecule has 140 valence electrons. The van der Waals surface area contributed by atoms with Crippen LogP contribution in [0.4, 0.5) is 0 Å². The molecule has 1 fully saturated rings. The molecular weight excluding hydrogens is 432 g/mol. The summed E-state index contributed by atoms with van der Waals surface area (Å²) in [6, 6.07) is 7.68. The molecule has 1 amide bonds. The molecule has 2 aromatic heterocycles. The second kappa shape index (κ2) is 7.81. The molecule has 1 aliphatic carbocycles. The minimum Gasteiger partial charge on any atom is -0.420 e. The van der Waals surface area contributed by atoms with Gasteiger partial charge in [-0.25, -0.2) is 0 Å². The summed E-state index contributed by atoms with van der Waals surface area (Å²) >= 11 is 4.95. The average Bonchev–Trinajstić information content (AvgIpc) is 3.25. The predicted octanol–water partition coefficient (Wildman–Crippen LogP) is 3.14. The Labute approximate surface area is 168 Å². The molecule has 8 nitrogen and oxygen atoms in total. The first-order chi connectivity index (χ1) is 13.1. The summed E-state index contributed by atoms with van der Waals surface area (Å²) in [5.74, 6) is 2.46. The van der Waals surface area contributed by atoms with E-state index in [2.05, 4.69) is 36.3 Å². The van der Waals surface area contributed by atoms with E-state index in [0.717, 1.165) is 33.9 Å². The summed E-state index contributed by atoms with van der Waals surface area (Å²) < 4.78 is 8.65. The number of carbonyl (C=O) groups excluding carboxylic acids is 1. The van der Waals surface area contributed by atoms with E-state index in [4.69, 9.17) is 10.2 Å². The first-order valence-corrected chi connectivity index (χ1v) is 10.3. The molecule has 0 aliphatic heterocycles. The van der Waals surface area contributed by atoms with E-state index >= 15 is 0 Å². The second-order valence-corrected chi connectivity index (χ2v) is 8.05. The first kappa shape index (κ1) is 18.2. The Balaban J connectivity index is 1.47. The maximum atomic E-state index is 11.2. The molecule has 10 heteroatoms. The first-order valence-electron chi connectivity index (χ1n) is 8.53. The number of rotatable bonds is 8. The van der Waals surface area contributed by atoms with Gasteiger partial charge in [-0.1, -0.05) is 23.9 Å². The molecule has 3 aromatic rings. The molecule has 2 N–H and O–H groups in total. The molecule has 27 heavy (non-hydrogen) atoms. The van der Waals surface area contributed by atoms with Gasteiger partial charge in [0.15, 0.2) is 5.16 Å². The van der Waals surface area contributed by atoms with Crippen molar-refractivity contribution in [1.29, 1.82) is 0 Å². The van der Waals surface area contributed by atoms with Crippen LogP contribution in [0, 0.1) is 0 Å². The molecule has 0 saturated heterocycles. The van der Waals surface area contributed by atoms with E-state index in [1.807, 2.05) is 28.8 Å². The van der Waals surface area contributed by atoms with Crippen LogP contribution in [0.25, 0.3) is 11.5 Å². The number of nitrogens with zero attached hydrogens (tertiary/aromatic N) is 5. The van der Waals surface area contributed by atoms with Gasteiger partial charge in [0.25, 0.3) is 0 Å². The van der Waals surface area contributed by atoms with Gasteiger partial charge in [-0.05, 0) is 40.9 Å². The fraction of sp³-hybridized carbons (Fsp3) is 0.353. The second-order valence-electron chi connectivity index (χ2n) is 6.25. The average molecular weight is 449 g/mol. The largest absolute Gasteiger partial charge is 0.420 e. The highest BCUT2D eigenvalue weighted by atomic mass is 79.9. The quantitative estimate of drug-likeness (QED) is 0.526. The van der Waals surface area contributed by atoms with E-state index in [-0.39, 0.29) is 12.3 Å². The molecule has 0 atom stereocenters. The Kier molecular flexibility index (Phi) is 5.26. The lowest BCUT2D eigenvalue weighted by Crippen LogP contribution is -2.15. The van der Waals surface area contributed by atoms with E-state index < -0.39 is 0 Å². The fourth-order valence-corrected chi connectivity index (χ4v) is 3.93. The highest BCUT2D eigenvalue weighted by molar-refractivity contribution is 9.10. The van der Waals surface area contributed by atoms with Crippen LogP contribution in [-0.2, 0) is 17.1 Å². The van der Waals surface area contributed by atoms with E-state index in [1.165, 1.54) is 11.8 Å². The summed E-state index contributed by atoms with van der Waals surface area (Å²) in [6.07, 6.45) is 2.48. The topological polar surface area (TPSA) is 113 Å². The summed E-state index contributed by atoms with van der Waals surface area (Å²) in [6.45, 7) is 0.489. The Bertz CT molecular complexity index is 968. The number of nitrogens with two attached hydrogens (primary N) is 1. The zero-order chi connectivity index (χ0) is 18.8. The lowest BCUT2D eigenvalue weighted by atomic mass is 10.2. The number of hydrogen-bond acceptors (Lipinski definition) is 7. The molecule has 1 saturated carbocycles. The normalized spacial score (nSPS) is 13.8. The minimum atomic E-state index is -0.337. The van der Waals surface area contributed by atoms with E-state index in [1.54, 1.807) is 0 Å². The summed E-state index contributed by atoms with van der Waals surface area (Å²) in [4.78, 5) is 11.2. The highest BCUT2D eigenvalue weighted by Crippen LogP contribution is 2.40. The van der Waals surface area contributed by atoms with Crippen molar-refractivity contribution in [3.05, 3.63) is 40.5 Å². The van der Waals surface area contributed by atoms with Crippen LogP contribution in [0.1, 0.15) is 36.9 Å². The van der Waals surface area contributed by atoms with Gasteiger partial charge in [0.1, 0.15) is 5.82 Å². The van der Waals surface area contributed by atoms with Gasteiger partial charge in [0.2, 0.25) is 17.7 Å². The van der Waals surface area contributed by atoms with Crippen molar-refractivity contribution in [2.75, 3.05) is 0 Å². The molecule has 0 unspecified atom stereocenters. The van der Waals surface area contributed by atoms with E-state index in [0.29, 0.717) is 30.0 Å². The van der Waals surface area contributed by atoms with Gasteiger partial charge in [0.05, 0.1) is 11.3 Å². The number of aromatic nitrogens is 5. The third-order valence-electron chi connectivity index (χ3n) is 4.17. The Hall–Kier alpha value is -2.20. The van der Waals surface area contributed by atoms with Crippen LogP contribution in [-0.4, -0.2) is 30.9 Å². The minimum absolute atomic E-state index is 0.262. The predicted molar refractivity (Wildman–Crippen MR) is 103 cm³/mol. The van der Waals surface area contributed by atoms with Crippen LogP contribution >= 0.6 is 27.7 Å². The number of thioether (sulfide) groups is 1. The van der Waals surface area contributed by atoms with Crippen molar-refractivity contribution in [1.82, 2.24) is 25.0 Å². The molecule has 1 aliphatic rings. The third-order valence-corrected chi connectivity index (χ3v) is 5.81. The van der Waals surface area contributed by atoms with Crippen molar-refractivity contribution in [3.8, 4) is 11.5 Å². The van der Waals surface area contributed by atoms with Crippen molar-refractivity contribution >= 4 is 33.6 Å². The van der Waals surface area contributed by atoms with Gasteiger partial charge in [-0.15, -0.1) is 20.4 Å². The summed E-state index contributed by atoms with van der Waals surface area (Å²) in [5.41, 5.74) is 6.15. The van der Waals surface area contributed by atoms with Gasteiger partial charge >= 0.3 is 0 Å². The van der Waals surface area contributed by atoms with Crippen LogP contribution in [0.2, 0.25) is 0 Å². The number of primary amides is 1. The smallest absolute Gasteiger partial charge is 0.248 e. The molecule has 4 rings (SSSR count). The van der Waals surface area contributed by atoms with Crippen molar-refractivity contribution < 1.29 is 9.21 Å². The number of carbonyl (C=O) groups is 1. The maximum absolute atomic E-state index is 11.2. The summed E-state index contributed by atoms with van der Waals surface area (Å²) in [7, 11) is 0. The van der Waals surface area contributed by atoms with Crippen LogP contribution in [0.15, 0.2) is 38.3 Å². The van der Waals surface area contributed by atoms with Gasteiger partial charge in [-0.2, -0.15) is 0 Å². The molecule has 1 aromatic carbocycles. The van der Waals surface area contributed by atoms with Crippen molar-refractivity contribution in [2.45, 2.75) is 42.6 Å². The standard InChI is InChI=1S/C17H17BrN6O2S/c18-12-4-2-1-3-11(12)16-22-20-14(26-16)9-27-17-23-21-15(10-5-6-10)24(17)8-7-13(19)25/h1-4,10H,5-9H2,(H2,19,25). The monoisotopic (exact) mass is 448 g/mol. The van der Waals surface area contributed by atoms with Crippen LogP contribution in [0.5, 0.6) is 0 Å². The van der Waals surface area contributed by atoms with Gasteiger partial charge in [-0.3, -0.25) is 4.79 Å². The van der Waals surface area contributed by atoms with Crippen molar-refractivity contribution in [3.63, 3.8) is 0 Å². The Morgan fingerprint density at radius 3 is 2.81 bits per heavy atom. The SMILES string of the molecule is NC(=O)CCn1c(SCc2nnc(-c3ccccc3Br)o2)nnc1C1CC1. The van der Waals surface area contributed by atoms with Crippen LogP contribution < -0.4 is 5.73 Å². The molecule has 0 radical (unpaired) electrons. The molecule has 2 heterocycles. The Morgan fingerprint density at radius 1 is 1.26 bits per heavy atom. The molecule has 0 spiro atoms. The third kappa shape index (κ3) is 4.22. The number of halogens is 1. The molecular formula is C17H17BrN6O2S. The summed E-state index contributed by atoms with van der Waals surface area (Å²) in [5, 5.41) is 17.5. The van der Waals surface area contributed by atoms with Crippen LogP contribution in [0.3, 0.4) is 0 Å². The zero-order valence-electron chi connectivity index (χ0n) is 14.3. The van der Waals surface area contributed by atoms with E-state index in [9.17, 15) is 4.79 Å². The maximum Gasteiger partial charge on any atom is 0.248 e. The highest BCUT2D eigenvalue weighted by Gasteiger charge is 2.30. The lowest BCUT2D eigenvalue weighted by Gasteiger charge is -2.07. The van der Waals surface area contributed by atoms with Gasteiger partial charge < -0.3 is 14.7 Å². The molecule has 0 bridgehead atoms. The number of hydrogen-bond donors (Lipinski definition) is 1. The fourth-order valence-electron chi connectivity index (χ4n) is 2.66. The van der Waals surface area contributed by atoms with Crippen molar-refractivity contribution in [2.24, 2.45) is 5.73 Å². The van der Waals surface area contributed by atoms with Gasteiger partial charge in [0, 0.05) is 23.4 Å². The number of benzene rings is 1. The zero-order valence-corrected chi connectivity index (χ0v) is 16.7. The Morgan fingerprint density at radius 2 is 2.07 bits per heavy atom. The lowest BCUT2D eigenvalue weighted by molar-refractivity contribution is -0.118. The number of amides is 1.